The molecule has 2 saturated heterocycles. The second-order valence-electron chi connectivity index (χ2n) is 7.79. The lowest BCUT2D eigenvalue weighted by atomic mass is 9.85. The number of hydrogen-bond acceptors (Lipinski definition) is 4. The third-order valence-electron chi connectivity index (χ3n) is 5.10. The van der Waals surface area contributed by atoms with Crippen molar-refractivity contribution in [3.8, 4) is 11.3 Å². The molecule has 1 atom stereocenters. The van der Waals surface area contributed by atoms with Crippen LogP contribution in [-0.4, -0.2) is 57.0 Å². The summed E-state index contributed by atoms with van der Waals surface area (Å²) in [4.78, 5) is 14.4. The van der Waals surface area contributed by atoms with Gasteiger partial charge in [0.25, 0.3) is 5.91 Å². The summed E-state index contributed by atoms with van der Waals surface area (Å²) in [7, 11) is 0. The highest BCUT2D eigenvalue weighted by molar-refractivity contribution is 5.94. The Morgan fingerprint density at radius 2 is 2.08 bits per heavy atom. The first-order chi connectivity index (χ1) is 11.8. The number of H-pyrrole nitrogens is 1. The molecule has 2 fully saturated rings. The average Bonchev–Trinajstić information content (AvgIpc) is 3.09. The zero-order valence-corrected chi connectivity index (χ0v) is 14.8. The van der Waals surface area contributed by atoms with Crippen LogP contribution in [0.15, 0.2) is 24.3 Å². The molecule has 1 aromatic heterocycles. The fourth-order valence-electron chi connectivity index (χ4n) is 3.94. The highest BCUT2D eigenvalue weighted by Gasteiger charge is 2.54. The summed E-state index contributed by atoms with van der Waals surface area (Å²) >= 11 is 0. The zero-order chi connectivity index (χ0) is 17.8. The standard InChI is InChI=1S/C19H23N3O3/c1-12-4-5-14(13(2)6-12)15-7-16(21-20-15)17(23)22-9-19(10-22)8-18(3,24)11-25-19/h4-7,24H,8-11H2,1-3H3,(H,20,21). The summed E-state index contributed by atoms with van der Waals surface area (Å²) < 4.78 is 5.74. The van der Waals surface area contributed by atoms with Crippen LogP contribution >= 0.6 is 0 Å². The first-order valence-electron chi connectivity index (χ1n) is 8.56. The molecule has 6 heteroatoms. The molecule has 0 saturated carbocycles. The Labute approximate surface area is 146 Å². The molecule has 25 heavy (non-hydrogen) atoms. The molecule has 2 aliphatic heterocycles. The molecule has 2 aliphatic rings. The second kappa shape index (κ2) is 5.41. The number of nitrogens with one attached hydrogen (secondary N) is 1. The SMILES string of the molecule is Cc1ccc(-c2cc(C(=O)N3CC4(C3)CC(C)(O)CO4)[nH]n2)c(C)c1. The number of hydrogen-bond donors (Lipinski definition) is 2. The van der Waals surface area contributed by atoms with Crippen LogP contribution in [0.5, 0.6) is 0 Å². The lowest BCUT2D eigenvalue weighted by molar-refractivity contribution is -0.0956. The molecule has 0 aliphatic carbocycles. The van der Waals surface area contributed by atoms with E-state index in [1.165, 1.54) is 5.56 Å². The van der Waals surface area contributed by atoms with Gasteiger partial charge in [-0.2, -0.15) is 5.10 Å². The van der Waals surface area contributed by atoms with Crippen molar-refractivity contribution in [1.82, 2.24) is 15.1 Å². The van der Waals surface area contributed by atoms with Crippen LogP contribution in [-0.2, 0) is 4.74 Å². The predicted molar refractivity (Wildman–Crippen MR) is 93.3 cm³/mol. The number of ether oxygens (including phenoxy) is 1. The fourth-order valence-corrected chi connectivity index (χ4v) is 3.94. The van der Waals surface area contributed by atoms with Gasteiger partial charge in [-0.25, -0.2) is 0 Å². The molecular weight excluding hydrogens is 318 g/mol. The number of rotatable bonds is 2. The summed E-state index contributed by atoms with van der Waals surface area (Å²) in [5, 5.41) is 17.2. The molecule has 1 aromatic carbocycles. The molecule has 4 rings (SSSR count). The van der Waals surface area contributed by atoms with E-state index in [4.69, 9.17) is 4.74 Å². The van der Waals surface area contributed by atoms with Gasteiger partial charge in [0, 0.05) is 12.0 Å². The lowest BCUT2D eigenvalue weighted by Gasteiger charge is -2.47. The average molecular weight is 341 g/mol. The number of carbonyl (C=O) groups is 1. The van der Waals surface area contributed by atoms with E-state index < -0.39 is 5.60 Å². The van der Waals surface area contributed by atoms with Gasteiger partial charge in [-0.15, -0.1) is 0 Å². The van der Waals surface area contributed by atoms with Crippen molar-refractivity contribution < 1.29 is 14.6 Å². The largest absolute Gasteiger partial charge is 0.388 e. The highest BCUT2D eigenvalue weighted by Crippen LogP contribution is 2.40. The first kappa shape index (κ1) is 16.3. The predicted octanol–water partition coefficient (Wildman–Crippen LogP) is 2.06. The maximum Gasteiger partial charge on any atom is 0.272 e. The van der Waals surface area contributed by atoms with Gasteiger partial charge in [0.15, 0.2) is 0 Å². The van der Waals surface area contributed by atoms with Crippen LogP contribution in [0.2, 0.25) is 0 Å². The van der Waals surface area contributed by atoms with Gasteiger partial charge in [-0.1, -0.05) is 23.8 Å². The monoisotopic (exact) mass is 341 g/mol. The number of aliphatic hydroxyl groups is 1. The van der Waals surface area contributed by atoms with Gasteiger partial charge < -0.3 is 14.7 Å². The van der Waals surface area contributed by atoms with Crippen molar-refractivity contribution >= 4 is 5.91 Å². The summed E-state index contributed by atoms with van der Waals surface area (Å²) in [6.07, 6.45) is 0.570. The molecule has 0 radical (unpaired) electrons. The Kier molecular flexibility index (Phi) is 3.53. The van der Waals surface area contributed by atoms with Gasteiger partial charge >= 0.3 is 0 Å². The van der Waals surface area contributed by atoms with Gasteiger partial charge in [-0.05, 0) is 32.4 Å². The summed E-state index contributed by atoms with van der Waals surface area (Å²) in [6, 6.07) is 7.98. The molecule has 0 bridgehead atoms. The van der Waals surface area contributed by atoms with E-state index in [9.17, 15) is 9.90 Å². The van der Waals surface area contributed by atoms with Crippen molar-refractivity contribution in [2.45, 2.75) is 38.4 Å². The minimum absolute atomic E-state index is 0.0794. The summed E-state index contributed by atoms with van der Waals surface area (Å²) in [5.74, 6) is -0.0794. The number of aryl methyl sites for hydroxylation is 2. The van der Waals surface area contributed by atoms with E-state index >= 15 is 0 Å². The van der Waals surface area contributed by atoms with E-state index in [1.807, 2.05) is 19.1 Å². The molecule has 6 nitrogen and oxygen atoms in total. The van der Waals surface area contributed by atoms with Crippen molar-refractivity contribution in [3.63, 3.8) is 0 Å². The van der Waals surface area contributed by atoms with E-state index in [2.05, 4.69) is 23.2 Å². The maximum absolute atomic E-state index is 12.6. The molecule has 2 aromatic rings. The first-order valence-corrected chi connectivity index (χ1v) is 8.56. The molecule has 3 heterocycles. The molecule has 1 unspecified atom stereocenters. The smallest absolute Gasteiger partial charge is 0.272 e. The van der Waals surface area contributed by atoms with Crippen molar-refractivity contribution in [3.05, 3.63) is 41.1 Å². The van der Waals surface area contributed by atoms with Crippen LogP contribution in [0, 0.1) is 13.8 Å². The van der Waals surface area contributed by atoms with E-state index in [-0.39, 0.29) is 11.5 Å². The van der Waals surface area contributed by atoms with Gasteiger partial charge in [0.1, 0.15) is 11.3 Å². The van der Waals surface area contributed by atoms with Crippen LogP contribution in [0.4, 0.5) is 0 Å². The Morgan fingerprint density at radius 1 is 1.32 bits per heavy atom. The minimum Gasteiger partial charge on any atom is -0.388 e. The fraction of sp³-hybridized carbons (Fsp3) is 0.474. The quantitative estimate of drug-likeness (QED) is 0.876. The van der Waals surface area contributed by atoms with E-state index in [0.29, 0.717) is 31.8 Å². The van der Waals surface area contributed by atoms with Crippen molar-refractivity contribution in [2.24, 2.45) is 0 Å². The lowest BCUT2D eigenvalue weighted by Crippen LogP contribution is -2.63. The van der Waals surface area contributed by atoms with Crippen LogP contribution in [0.3, 0.4) is 0 Å². The molecule has 132 valence electrons. The van der Waals surface area contributed by atoms with E-state index in [0.717, 1.165) is 16.8 Å². The Morgan fingerprint density at radius 3 is 2.72 bits per heavy atom. The topological polar surface area (TPSA) is 78.5 Å². The number of benzene rings is 1. The Bertz CT molecular complexity index is 834. The summed E-state index contributed by atoms with van der Waals surface area (Å²) in [6.45, 7) is 7.23. The van der Waals surface area contributed by atoms with Gasteiger partial charge in [0.2, 0.25) is 0 Å². The third kappa shape index (κ3) is 2.85. The molecular formula is C19H23N3O3. The summed E-state index contributed by atoms with van der Waals surface area (Å²) in [5.41, 5.74) is 3.44. The number of aromatic nitrogens is 2. The van der Waals surface area contributed by atoms with Crippen LogP contribution < -0.4 is 0 Å². The third-order valence-corrected chi connectivity index (χ3v) is 5.10. The molecule has 1 amide bonds. The Hall–Kier alpha value is -2.18. The number of amides is 1. The number of nitrogens with zero attached hydrogens (tertiary/aromatic N) is 2. The van der Waals surface area contributed by atoms with Crippen molar-refractivity contribution in [2.75, 3.05) is 19.7 Å². The van der Waals surface area contributed by atoms with Gasteiger partial charge in [0.05, 0.1) is 31.0 Å². The molecule has 1 spiro atoms. The maximum atomic E-state index is 12.6. The van der Waals surface area contributed by atoms with Crippen molar-refractivity contribution in [1.29, 1.82) is 0 Å². The van der Waals surface area contributed by atoms with Gasteiger partial charge in [-0.3, -0.25) is 9.89 Å². The Balaban J connectivity index is 1.47. The zero-order valence-electron chi connectivity index (χ0n) is 14.8. The van der Waals surface area contributed by atoms with Crippen LogP contribution in [0.25, 0.3) is 11.3 Å². The molecule has 2 N–H and O–H groups in total. The number of likely N-dealkylation sites (tertiary alicyclic amines) is 1. The number of aromatic amines is 1. The van der Waals surface area contributed by atoms with E-state index in [1.54, 1.807) is 17.9 Å². The van der Waals surface area contributed by atoms with Crippen LogP contribution in [0.1, 0.15) is 35.0 Å². The number of carbonyl (C=O) groups excluding carboxylic acids is 1. The normalized spacial score (nSPS) is 24.6. The minimum atomic E-state index is -0.792. The highest BCUT2D eigenvalue weighted by atomic mass is 16.5. The second-order valence-corrected chi connectivity index (χ2v) is 7.79.